The number of anilines is 1. The van der Waals surface area contributed by atoms with E-state index in [-0.39, 0.29) is 10.6 Å². The summed E-state index contributed by atoms with van der Waals surface area (Å²) in [5.41, 5.74) is 4.37. The van der Waals surface area contributed by atoms with Crippen molar-refractivity contribution in [2.45, 2.75) is 27.3 Å². The van der Waals surface area contributed by atoms with Crippen LogP contribution in [0.25, 0.3) is 11.5 Å². The van der Waals surface area contributed by atoms with Crippen molar-refractivity contribution in [1.29, 1.82) is 0 Å². The number of aryl methyl sites for hydroxylation is 3. The molecule has 2 heterocycles. The van der Waals surface area contributed by atoms with Gasteiger partial charge in [-0.1, -0.05) is 11.6 Å². The van der Waals surface area contributed by atoms with Crippen molar-refractivity contribution in [2.75, 3.05) is 5.32 Å². The van der Waals surface area contributed by atoms with E-state index >= 15 is 0 Å². The second-order valence-electron chi connectivity index (χ2n) is 7.26. The average molecular weight is 439 g/mol. The van der Waals surface area contributed by atoms with Crippen molar-refractivity contribution in [1.82, 2.24) is 14.8 Å². The molecule has 2 aromatic heterocycles. The fourth-order valence-electron chi connectivity index (χ4n) is 3.24. The maximum Gasteiger partial charge on any atom is 0.257 e. The Labute approximate surface area is 183 Å². The Bertz CT molecular complexity index is 1260. The van der Waals surface area contributed by atoms with Gasteiger partial charge in [-0.3, -0.25) is 9.48 Å². The molecule has 0 bridgehead atoms. The zero-order valence-electron chi connectivity index (χ0n) is 17.2. The molecular formula is C23H20ClFN4O2. The molecule has 0 spiro atoms. The molecule has 0 saturated carbocycles. The lowest BCUT2D eigenvalue weighted by Gasteiger charge is -2.07. The maximum absolute atomic E-state index is 13.2. The number of carbonyl (C=O) groups is 1. The zero-order valence-corrected chi connectivity index (χ0v) is 18.0. The largest absolute Gasteiger partial charge is 0.441 e. The Hall–Kier alpha value is -3.45. The molecule has 0 saturated heterocycles. The molecule has 158 valence electrons. The van der Waals surface area contributed by atoms with Crippen LogP contribution in [-0.4, -0.2) is 20.7 Å². The first kappa shape index (κ1) is 20.8. The smallest absolute Gasteiger partial charge is 0.257 e. The number of oxazole rings is 1. The summed E-state index contributed by atoms with van der Waals surface area (Å²) in [5.74, 6) is 0.306. The highest BCUT2D eigenvalue weighted by molar-refractivity contribution is 6.34. The van der Waals surface area contributed by atoms with Gasteiger partial charge in [-0.2, -0.15) is 5.10 Å². The van der Waals surface area contributed by atoms with E-state index in [1.807, 2.05) is 31.5 Å². The Kier molecular flexibility index (Phi) is 5.61. The molecule has 4 aromatic rings. The lowest BCUT2D eigenvalue weighted by atomic mass is 10.1. The third kappa shape index (κ3) is 4.51. The van der Waals surface area contributed by atoms with E-state index in [0.717, 1.165) is 34.5 Å². The minimum absolute atomic E-state index is 0.0551. The fourth-order valence-corrected chi connectivity index (χ4v) is 3.50. The molecule has 0 radical (unpaired) electrons. The Balaban J connectivity index is 1.49. The van der Waals surface area contributed by atoms with Crippen LogP contribution in [0.1, 0.15) is 33.2 Å². The van der Waals surface area contributed by atoms with Crippen LogP contribution < -0.4 is 5.32 Å². The summed E-state index contributed by atoms with van der Waals surface area (Å²) in [6.07, 6.45) is 0. The normalized spacial score (nSPS) is 11.0. The SMILES string of the molecule is Cc1cc(C)n(Cc2nc(-c3ccc(NC(=O)c4ccc(F)cc4Cl)cc3)oc2C)n1. The monoisotopic (exact) mass is 438 g/mol. The molecule has 2 aromatic carbocycles. The number of hydrogen-bond acceptors (Lipinski definition) is 4. The topological polar surface area (TPSA) is 73.0 Å². The molecule has 0 aliphatic heterocycles. The highest BCUT2D eigenvalue weighted by Crippen LogP contribution is 2.25. The molecule has 4 rings (SSSR count). The second kappa shape index (κ2) is 8.35. The lowest BCUT2D eigenvalue weighted by molar-refractivity contribution is 0.102. The first-order valence-corrected chi connectivity index (χ1v) is 10.0. The maximum atomic E-state index is 13.2. The minimum Gasteiger partial charge on any atom is -0.441 e. The van der Waals surface area contributed by atoms with Gasteiger partial charge in [-0.05, 0) is 69.3 Å². The van der Waals surface area contributed by atoms with Crippen molar-refractivity contribution >= 4 is 23.2 Å². The van der Waals surface area contributed by atoms with Crippen LogP contribution in [0, 0.1) is 26.6 Å². The predicted molar refractivity (Wildman–Crippen MR) is 117 cm³/mol. The van der Waals surface area contributed by atoms with E-state index in [2.05, 4.69) is 15.4 Å². The third-order valence-corrected chi connectivity index (χ3v) is 5.17. The van der Waals surface area contributed by atoms with E-state index in [4.69, 9.17) is 16.0 Å². The van der Waals surface area contributed by atoms with Crippen LogP contribution in [0.15, 0.2) is 52.9 Å². The van der Waals surface area contributed by atoms with Gasteiger partial charge in [-0.25, -0.2) is 9.37 Å². The number of nitrogens with one attached hydrogen (secondary N) is 1. The summed E-state index contributed by atoms with van der Waals surface area (Å²) in [6, 6.07) is 12.8. The molecule has 0 aliphatic carbocycles. The van der Waals surface area contributed by atoms with Crippen molar-refractivity contribution < 1.29 is 13.6 Å². The number of hydrogen-bond donors (Lipinski definition) is 1. The summed E-state index contributed by atoms with van der Waals surface area (Å²) in [5, 5.41) is 7.27. The molecule has 0 unspecified atom stereocenters. The molecule has 1 amide bonds. The van der Waals surface area contributed by atoms with E-state index in [1.54, 1.807) is 24.3 Å². The average Bonchev–Trinajstić information content (AvgIpc) is 3.23. The van der Waals surface area contributed by atoms with Crippen LogP contribution in [0.2, 0.25) is 5.02 Å². The Morgan fingerprint density at radius 3 is 2.52 bits per heavy atom. The van der Waals surface area contributed by atoms with Gasteiger partial charge < -0.3 is 9.73 Å². The summed E-state index contributed by atoms with van der Waals surface area (Å²) < 4.78 is 20.9. The number of nitrogens with zero attached hydrogens (tertiary/aromatic N) is 3. The van der Waals surface area contributed by atoms with Gasteiger partial charge in [0.15, 0.2) is 0 Å². The Morgan fingerprint density at radius 1 is 1.13 bits per heavy atom. The Morgan fingerprint density at radius 2 is 1.87 bits per heavy atom. The molecule has 0 atom stereocenters. The van der Waals surface area contributed by atoms with Crippen molar-refractivity contribution in [3.63, 3.8) is 0 Å². The number of amides is 1. The van der Waals surface area contributed by atoms with Crippen molar-refractivity contribution in [3.8, 4) is 11.5 Å². The highest BCUT2D eigenvalue weighted by Gasteiger charge is 2.15. The van der Waals surface area contributed by atoms with Gasteiger partial charge in [0.2, 0.25) is 5.89 Å². The van der Waals surface area contributed by atoms with E-state index in [1.165, 1.54) is 12.1 Å². The van der Waals surface area contributed by atoms with Crippen LogP contribution in [0.3, 0.4) is 0 Å². The first-order chi connectivity index (χ1) is 14.8. The van der Waals surface area contributed by atoms with Gasteiger partial charge in [0.25, 0.3) is 5.91 Å². The van der Waals surface area contributed by atoms with Gasteiger partial charge in [-0.15, -0.1) is 0 Å². The molecule has 0 fully saturated rings. The summed E-state index contributed by atoms with van der Waals surface area (Å²) in [7, 11) is 0. The number of aromatic nitrogens is 3. The number of halogens is 2. The third-order valence-electron chi connectivity index (χ3n) is 4.86. The fraction of sp³-hybridized carbons (Fsp3) is 0.174. The van der Waals surface area contributed by atoms with Gasteiger partial charge in [0.1, 0.15) is 17.3 Å². The molecule has 8 heteroatoms. The minimum atomic E-state index is -0.496. The van der Waals surface area contributed by atoms with Crippen LogP contribution >= 0.6 is 11.6 Å². The molecule has 0 aliphatic rings. The number of carbonyl (C=O) groups excluding carboxylic acids is 1. The van der Waals surface area contributed by atoms with Gasteiger partial charge >= 0.3 is 0 Å². The van der Waals surface area contributed by atoms with Crippen LogP contribution in [0.4, 0.5) is 10.1 Å². The van der Waals surface area contributed by atoms with Crippen molar-refractivity contribution in [2.24, 2.45) is 0 Å². The highest BCUT2D eigenvalue weighted by atomic mass is 35.5. The number of benzene rings is 2. The van der Waals surface area contributed by atoms with Gasteiger partial charge in [0, 0.05) is 16.9 Å². The van der Waals surface area contributed by atoms with Crippen LogP contribution in [0.5, 0.6) is 0 Å². The van der Waals surface area contributed by atoms with Gasteiger partial charge in [0.05, 0.1) is 22.8 Å². The summed E-state index contributed by atoms with van der Waals surface area (Å²) >= 11 is 5.95. The van der Waals surface area contributed by atoms with E-state index in [9.17, 15) is 9.18 Å². The van der Waals surface area contributed by atoms with E-state index in [0.29, 0.717) is 18.1 Å². The quantitative estimate of drug-likeness (QED) is 0.443. The zero-order chi connectivity index (χ0) is 22.1. The predicted octanol–water partition coefficient (Wildman–Crippen LogP) is 5.56. The second-order valence-corrected chi connectivity index (χ2v) is 7.67. The van der Waals surface area contributed by atoms with Crippen molar-refractivity contribution in [3.05, 3.63) is 87.8 Å². The molecule has 6 nitrogen and oxygen atoms in total. The molecule has 1 N–H and O–H groups in total. The van der Waals surface area contributed by atoms with Crippen LogP contribution in [-0.2, 0) is 6.54 Å². The standard InChI is InChI=1S/C23H20ClFN4O2/c1-13-10-14(2)29(28-13)12-21-15(3)31-23(27-21)16-4-7-18(8-5-16)26-22(30)19-9-6-17(25)11-20(19)24/h4-11H,12H2,1-3H3,(H,26,30). The first-order valence-electron chi connectivity index (χ1n) is 9.64. The summed E-state index contributed by atoms with van der Waals surface area (Å²) in [4.78, 5) is 17.0. The number of rotatable bonds is 5. The molecule has 31 heavy (non-hydrogen) atoms. The summed E-state index contributed by atoms with van der Waals surface area (Å²) in [6.45, 7) is 6.36. The molecular weight excluding hydrogens is 419 g/mol. The van der Waals surface area contributed by atoms with E-state index < -0.39 is 11.7 Å². The lowest BCUT2D eigenvalue weighted by Crippen LogP contribution is -2.12.